The molecule has 168 valence electrons. The molecule has 2 N–H and O–H groups in total. The molecule has 1 unspecified atom stereocenters. The van der Waals surface area contributed by atoms with Crippen molar-refractivity contribution in [2.75, 3.05) is 26.8 Å². The van der Waals surface area contributed by atoms with Gasteiger partial charge in [0.1, 0.15) is 6.04 Å². The first kappa shape index (κ1) is 23.1. The van der Waals surface area contributed by atoms with Crippen molar-refractivity contribution < 1.29 is 19.1 Å². The molecule has 2 amide bonds. The Morgan fingerprint density at radius 1 is 1.10 bits per heavy atom. The summed E-state index contributed by atoms with van der Waals surface area (Å²) in [6, 6.07) is -0.822. The minimum absolute atomic E-state index is 0.0732. The minimum Gasteiger partial charge on any atom is -0.381 e. The van der Waals surface area contributed by atoms with Gasteiger partial charge in [-0.2, -0.15) is 0 Å². The third-order valence-electron chi connectivity index (χ3n) is 6.18. The number of amides is 2. The second-order valence-electron chi connectivity index (χ2n) is 8.63. The molecule has 2 atom stereocenters. The third-order valence-corrected chi connectivity index (χ3v) is 7.35. The van der Waals surface area contributed by atoms with E-state index in [9.17, 15) is 14.4 Å². The number of hydrogen-bond donors (Lipinski definition) is 2. The molecular formula is C21H34N4O4S. The molecule has 9 heteroatoms. The van der Waals surface area contributed by atoms with E-state index in [2.05, 4.69) is 22.8 Å². The zero-order chi connectivity index (χ0) is 21.5. The Kier molecular flexibility index (Phi) is 8.56. The Morgan fingerprint density at radius 2 is 1.77 bits per heavy atom. The van der Waals surface area contributed by atoms with Gasteiger partial charge in [-0.05, 0) is 31.6 Å². The lowest BCUT2D eigenvalue weighted by atomic mass is 9.87. The molecule has 3 fully saturated rings. The SMILES string of the molecule is C[C@@H]1CN(C)/C(=N/NC(=O)C(=O)C(NC(=O)C2CCCCCC2)C2CCOCC2)S1. The first-order chi connectivity index (χ1) is 14.5. The van der Waals surface area contributed by atoms with Crippen LogP contribution in [0.3, 0.4) is 0 Å². The van der Waals surface area contributed by atoms with E-state index in [0.717, 1.165) is 45.1 Å². The summed E-state index contributed by atoms with van der Waals surface area (Å²) < 4.78 is 5.41. The standard InChI is InChI=1S/C21H34N4O4S/c1-14-13-25(2)21(30-14)24-23-20(28)18(26)17(15-9-11-29-12-10-15)22-19(27)16-7-5-3-4-6-8-16/h14-17H,3-13H2,1-2H3,(H,22,27)(H,23,28)/b24-21-/t14-,17?/m1/s1. The average Bonchev–Trinajstić information content (AvgIpc) is 2.93. The van der Waals surface area contributed by atoms with Crippen LogP contribution in [0.25, 0.3) is 0 Å². The van der Waals surface area contributed by atoms with E-state index < -0.39 is 17.7 Å². The van der Waals surface area contributed by atoms with Crippen LogP contribution in [0.2, 0.25) is 0 Å². The van der Waals surface area contributed by atoms with E-state index in [1.807, 2.05) is 11.9 Å². The first-order valence-corrected chi connectivity index (χ1v) is 12.0. The number of thioether (sulfide) groups is 1. The van der Waals surface area contributed by atoms with Gasteiger partial charge >= 0.3 is 5.91 Å². The summed E-state index contributed by atoms with van der Waals surface area (Å²) >= 11 is 1.56. The number of ether oxygens (including phenoxy) is 1. The van der Waals surface area contributed by atoms with Crippen LogP contribution >= 0.6 is 11.8 Å². The molecule has 0 aromatic carbocycles. The van der Waals surface area contributed by atoms with Crippen LogP contribution < -0.4 is 10.7 Å². The summed E-state index contributed by atoms with van der Waals surface area (Å²) in [5.41, 5.74) is 2.41. The molecule has 30 heavy (non-hydrogen) atoms. The van der Waals surface area contributed by atoms with Crippen molar-refractivity contribution in [3.8, 4) is 0 Å². The maximum absolute atomic E-state index is 13.0. The van der Waals surface area contributed by atoms with Crippen molar-refractivity contribution in [1.29, 1.82) is 0 Å². The number of ketones is 1. The fraction of sp³-hybridized carbons (Fsp3) is 0.810. The number of nitrogens with zero attached hydrogens (tertiary/aromatic N) is 2. The lowest BCUT2D eigenvalue weighted by Crippen LogP contribution is -2.53. The van der Waals surface area contributed by atoms with E-state index in [1.165, 1.54) is 0 Å². The molecular weight excluding hydrogens is 404 g/mol. The molecule has 1 saturated carbocycles. The molecule has 8 nitrogen and oxygen atoms in total. The first-order valence-electron chi connectivity index (χ1n) is 11.1. The molecule has 2 saturated heterocycles. The fourth-order valence-corrected chi connectivity index (χ4v) is 5.45. The fourth-order valence-electron chi connectivity index (χ4n) is 4.44. The lowest BCUT2D eigenvalue weighted by Gasteiger charge is -2.30. The smallest absolute Gasteiger partial charge is 0.309 e. The second-order valence-corrected chi connectivity index (χ2v) is 10.0. The minimum atomic E-state index is -0.822. The molecule has 0 bridgehead atoms. The quantitative estimate of drug-likeness (QED) is 0.373. The molecule has 3 rings (SSSR count). The van der Waals surface area contributed by atoms with Crippen LogP contribution in [0.15, 0.2) is 5.10 Å². The van der Waals surface area contributed by atoms with Crippen molar-refractivity contribution in [1.82, 2.24) is 15.6 Å². The Bertz CT molecular complexity index is 657. The van der Waals surface area contributed by atoms with Gasteiger partial charge in [-0.15, -0.1) is 5.10 Å². The highest BCUT2D eigenvalue weighted by Gasteiger charge is 2.36. The molecule has 0 radical (unpaired) electrons. The molecule has 2 aliphatic heterocycles. The summed E-state index contributed by atoms with van der Waals surface area (Å²) in [7, 11) is 1.90. The second kappa shape index (κ2) is 11.1. The highest BCUT2D eigenvalue weighted by Crippen LogP contribution is 2.25. The van der Waals surface area contributed by atoms with Gasteiger partial charge < -0.3 is 15.0 Å². The predicted octanol–water partition coefficient (Wildman–Crippen LogP) is 1.89. The molecule has 0 spiro atoms. The van der Waals surface area contributed by atoms with Gasteiger partial charge in [-0.25, -0.2) is 5.43 Å². The maximum Gasteiger partial charge on any atom is 0.309 e. The molecule has 1 aliphatic carbocycles. The number of amidine groups is 1. The van der Waals surface area contributed by atoms with E-state index in [0.29, 0.717) is 36.5 Å². The third kappa shape index (κ3) is 6.20. The van der Waals surface area contributed by atoms with Crippen molar-refractivity contribution >= 4 is 34.5 Å². The van der Waals surface area contributed by atoms with Gasteiger partial charge in [0.25, 0.3) is 0 Å². The summed E-state index contributed by atoms with van der Waals surface area (Å²) in [5.74, 6) is -1.65. The van der Waals surface area contributed by atoms with Crippen LogP contribution in [0, 0.1) is 11.8 Å². The van der Waals surface area contributed by atoms with Gasteiger partial charge in [-0.3, -0.25) is 14.4 Å². The van der Waals surface area contributed by atoms with Crippen molar-refractivity contribution in [3.63, 3.8) is 0 Å². The zero-order valence-electron chi connectivity index (χ0n) is 18.0. The molecule has 3 aliphatic rings. The monoisotopic (exact) mass is 438 g/mol. The van der Waals surface area contributed by atoms with Crippen LogP contribution in [0.1, 0.15) is 58.3 Å². The topological polar surface area (TPSA) is 100 Å². The Balaban J connectivity index is 1.66. The van der Waals surface area contributed by atoms with Crippen molar-refractivity contribution in [2.24, 2.45) is 16.9 Å². The Labute approximate surface area is 182 Å². The summed E-state index contributed by atoms with van der Waals surface area (Å²) in [6.07, 6.45) is 7.38. The maximum atomic E-state index is 13.0. The highest BCUT2D eigenvalue weighted by molar-refractivity contribution is 8.14. The number of nitrogens with one attached hydrogen (secondary N) is 2. The Hall–Kier alpha value is -1.61. The van der Waals surface area contributed by atoms with Crippen molar-refractivity contribution in [3.05, 3.63) is 0 Å². The number of hydrogen-bond acceptors (Lipinski definition) is 6. The number of hydrazone groups is 1. The summed E-state index contributed by atoms with van der Waals surface area (Å²) in [6.45, 7) is 4.00. The lowest BCUT2D eigenvalue weighted by molar-refractivity contribution is -0.142. The summed E-state index contributed by atoms with van der Waals surface area (Å²) in [4.78, 5) is 40.5. The van der Waals surface area contributed by atoms with Gasteiger partial charge in [-0.1, -0.05) is 44.4 Å². The van der Waals surface area contributed by atoms with E-state index in [1.54, 1.807) is 11.8 Å². The van der Waals surface area contributed by atoms with E-state index in [-0.39, 0.29) is 17.7 Å². The van der Waals surface area contributed by atoms with Gasteiger partial charge in [0.2, 0.25) is 11.7 Å². The number of Topliss-reactive ketones (excluding diaryl/α,β-unsaturated/α-hetero) is 1. The van der Waals surface area contributed by atoms with Crippen LogP contribution in [0.5, 0.6) is 0 Å². The largest absolute Gasteiger partial charge is 0.381 e. The summed E-state index contributed by atoms with van der Waals surface area (Å²) in [5, 5.41) is 8.15. The number of carbonyl (C=O) groups is 3. The normalized spacial score (nSPS) is 26.3. The number of carbonyl (C=O) groups excluding carboxylic acids is 3. The predicted molar refractivity (Wildman–Crippen MR) is 117 cm³/mol. The Morgan fingerprint density at radius 3 is 2.37 bits per heavy atom. The molecule has 0 aromatic rings. The van der Waals surface area contributed by atoms with Crippen LogP contribution in [-0.4, -0.2) is 65.8 Å². The van der Waals surface area contributed by atoms with Crippen molar-refractivity contribution in [2.45, 2.75) is 69.6 Å². The molecule has 0 aromatic heterocycles. The van der Waals surface area contributed by atoms with E-state index >= 15 is 0 Å². The molecule has 2 heterocycles. The highest BCUT2D eigenvalue weighted by atomic mass is 32.2. The zero-order valence-corrected chi connectivity index (χ0v) is 18.8. The van der Waals surface area contributed by atoms with Gasteiger partial charge in [0, 0.05) is 38.0 Å². The van der Waals surface area contributed by atoms with Crippen LogP contribution in [-0.2, 0) is 19.1 Å². The number of rotatable bonds is 6. The average molecular weight is 439 g/mol. The van der Waals surface area contributed by atoms with Gasteiger partial charge in [0.15, 0.2) is 5.17 Å². The van der Waals surface area contributed by atoms with E-state index in [4.69, 9.17) is 4.74 Å². The van der Waals surface area contributed by atoms with Crippen LogP contribution in [0.4, 0.5) is 0 Å². The van der Waals surface area contributed by atoms with Gasteiger partial charge in [0.05, 0.1) is 0 Å².